The number of aliphatic hydroxyl groups is 1. The number of rotatable bonds is 6. The first-order valence-corrected chi connectivity index (χ1v) is 10.9. The molecule has 0 bridgehead atoms. The van der Waals surface area contributed by atoms with Gasteiger partial charge < -0.3 is 25.2 Å². The molecular formula is C25H32N2O5. The molecule has 0 aromatic heterocycles. The van der Waals surface area contributed by atoms with E-state index in [0.717, 1.165) is 11.1 Å². The average molecular weight is 441 g/mol. The normalized spacial score (nSPS) is 19.4. The SMILES string of the molecule is CC(C)(C)OC(=O)N[C@@H](Cc1ccc(O)cc1)C(=O)N1CC[C@@H](O)[C@H]1Cc1ccccc1. The highest BCUT2D eigenvalue weighted by atomic mass is 16.6. The fourth-order valence-corrected chi connectivity index (χ4v) is 3.93. The van der Waals surface area contributed by atoms with Gasteiger partial charge in [-0.3, -0.25) is 4.79 Å². The van der Waals surface area contributed by atoms with Gasteiger partial charge in [-0.25, -0.2) is 4.79 Å². The number of phenolic OH excluding ortho intramolecular Hbond substituents is 1. The first-order chi connectivity index (χ1) is 15.1. The third kappa shape index (κ3) is 6.47. The lowest BCUT2D eigenvalue weighted by Crippen LogP contribution is -2.53. The van der Waals surface area contributed by atoms with Crippen molar-refractivity contribution in [3.63, 3.8) is 0 Å². The third-order valence-electron chi connectivity index (χ3n) is 5.45. The van der Waals surface area contributed by atoms with Crippen molar-refractivity contribution in [2.24, 2.45) is 0 Å². The van der Waals surface area contributed by atoms with Crippen molar-refractivity contribution in [3.05, 3.63) is 65.7 Å². The maximum atomic E-state index is 13.6. The Hall–Kier alpha value is -3.06. The Morgan fingerprint density at radius 3 is 2.38 bits per heavy atom. The van der Waals surface area contributed by atoms with E-state index in [2.05, 4.69) is 5.32 Å². The number of nitrogens with one attached hydrogen (secondary N) is 1. The summed E-state index contributed by atoms with van der Waals surface area (Å²) in [5, 5.41) is 22.8. The van der Waals surface area contributed by atoms with Gasteiger partial charge in [-0.2, -0.15) is 0 Å². The van der Waals surface area contributed by atoms with Crippen LogP contribution in [-0.4, -0.2) is 57.4 Å². The molecule has 7 nitrogen and oxygen atoms in total. The third-order valence-corrected chi connectivity index (χ3v) is 5.45. The fourth-order valence-electron chi connectivity index (χ4n) is 3.93. The summed E-state index contributed by atoms with van der Waals surface area (Å²) in [6.07, 6.45) is -0.0412. The number of carbonyl (C=O) groups excluding carboxylic acids is 2. The van der Waals surface area contributed by atoms with Gasteiger partial charge in [0.1, 0.15) is 17.4 Å². The van der Waals surface area contributed by atoms with E-state index in [1.807, 2.05) is 30.3 Å². The molecule has 0 aliphatic carbocycles. The van der Waals surface area contributed by atoms with Crippen LogP contribution in [0.1, 0.15) is 38.3 Å². The van der Waals surface area contributed by atoms with Crippen LogP contribution in [0.2, 0.25) is 0 Å². The minimum Gasteiger partial charge on any atom is -0.508 e. The van der Waals surface area contributed by atoms with Gasteiger partial charge in [0, 0.05) is 13.0 Å². The number of likely N-dealkylation sites (tertiary alicyclic amines) is 1. The van der Waals surface area contributed by atoms with Crippen LogP contribution in [-0.2, 0) is 22.4 Å². The highest BCUT2D eigenvalue weighted by molar-refractivity contribution is 5.86. The second-order valence-electron chi connectivity index (χ2n) is 9.21. The zero-order valence-electron chi connectivity index (χ0n) is 18.8. The van der Waals surface area contributed by atoms with Crippen LogP contribution in [0.5, 0.6) is 5.75 Å². The molecule has 0 saturated carbocycles. The molecule has 1 fully saturated rings. The second-order valence-corrected chi connectivity index (χ2v) is 9.21. The van der Waals surface area contributed by atoms with Crippen LogP contribution in [0.25, 0.3) is 0 Å². The van der Waals surface area contributed by atoms with Crippen molar-refractivity contribution in [2.75, 3.05) is 6.54 Å². The lowest BCUT2D eigenvalue weighted by Gasteiger charge is -2.31. The van der Waals surface area contributed by atoms with Crippen LogP contribution >= 0.6 is 0 Å². The van der Waals surface area contributed by atoms with Crippen LogP contribution in [0, 0.1) is 0 Å². The Morgan fingerprint density at radius 1 is 1.09 bits per heavy atom. The minimum absolute atomic E-state index is 0.127. The van der Waals surface area contributed by atoms with Crippen molar-refractivity contribution in [1.82, 2.24) is 10.2 Å². The number of ether oxygens (including phenoxy) is 1. The molecule has 3 rings (SSSR count). The molecule has 172 valence electrons. The van der Waals surface area contributed by atoms with Gasteiger partial charge in [0.15, 0.2) is 0 Å². The molecule has 3 atom stereocenters. The topological polar surface area (TPSA) is 99.1 Å². The van der Waals surface area contributed by atoms with Gasteiger partial charge in [0.05, 0.1) is 12.1 Å². The number of alkyl carbamates (subject to hydrolysis) is 1. The predicted octanol–water partition coefficient (Wildman–Crippen LogP) is 3.03. The molecule has 0 spiro atoms. The molecule has 2 amide bonds. The van der Waals surface area contributed by atoms with E-state index in [9.17, 15) is 19.8 Å². The summed E-state index contributed by atoms with van der Waals surface area (Å²) >= 11 is 0. The molecule has 2 aromatic carbocycles. The van der Waals surface area contributed by atoms with Crippen molar-refractivity contribution < 1.29 is 24.5 Å². The lowest BCUT2D eigenvalue weighted by molar-refractivity contribution is -0.135. The predicted molar refractivity (Wildman–Crippen MR) is 121 cm³/mol. The summed E-state index contributed by atoms with van der Waals surface area (Å²) in [6, 6.07) is 15.0. The molecule has 1 aliphatic rings. The molecule has 7 heteroatoms. The average Bonchev–Trinajstić information content (AvgIpc) is 3.08. The number of hydrogen-bond donors (Lipinski definition) is 3. The maximum absolute atomic E-state index is 13.6. The van der Waals surface area contributed by atoms with Gasteiger partial charge in [0.25, 0.3) is 0 Å². The van der Waals surface area contributed by atoms with E-state index in [4.69, 9.17) is 4.74 Å². The quantitative estimate of drug-likeness (QED) is 0.641. The highest BCUT2D eigenvalue weighted by Crippen LogP contribution is 2.24. The van der Waals surface area contributed by atoms with Crippen LogP contribution in [0.4, 0.5) is 4.79 Å². The van der Waals surface area contributed by atoms with Gasteiger partial charge in [-0.05, 0) is 56.9 Å². The summed E-state index contributed by atoms with van der Waals surface area (Å²) in [5.41, 5.74) is 1.12. The Bertz CT molecular complexity index is 908. The number of carbonyl (C=O) groups is 2. The van der Waals surface area contributed by atoms with Gasteiger partial charge in [-0.1, -0.05) is 42.5 Å². The summed E-state index contributed by atoms with van der Waals surface area (Å²) in [4.78, 5) is 27.7. The molecule has 1 saturated heterocycles. The molecule has 3 N–H and O–H groups in total. The number of benzene rings is 2. The van der Waals surface area contributed by atoms with Crippen molar-refractivity contribution >= 4 is 12.0 Å². The van der Waals surface area contributed by atoms with Gasteiger partial charge in [-0.15, -0.1) is 0 Å². The lowest BCUT2D eigenvalue weighted by atomic mass is 10.0. The number of aromatic hydroxyl groups is 1. The molecule has 1 heterocycles. The maximum Gasteiger partial charge on any atom is 0.408 e. The van der Waals surface area contributed by atoms with E-state index in [0.29, 0.717) is 19.4 Å². The Labute approximate surface area is 189 Å². The summed E-state index contributed by atoms with van der Waals surface area (Å²) in [5.74, 6) is -0.135. The number of amides is 2. The largest absolute Gasteiger partial charge is 0.508 e. The van der Waals surface area contributed by atoms with E-state index >= 15 is 0 Å². The number of nitrogens with zero attached hydrogens (tertiary/aromatic N) is 1. The fraction of sp³-hybridized carbons (Fsp3) is 0.440. The molecular weight excluding hydrogens is 408 g/mol. The van der Waals surface area contributed by atoms with Crippen LogP contribution < -0.4 is 5.32 Å². The highest BCUT2D eigenvalue weighted by Gasteiger charge is 2.39. The number of phenols is 1. The number of aliphatic hydroxyl groups excluding tert-OH is 1. The molecule has 0 radical (unpaired) electrons. The molecule has 0 unspecified atom stereocenters. The number of hydrogen-bond acceptors (Lipinski definition) is 5. The van der Waals surface area contributed by atoms with E-state index < -0.39 is 23.8 Å². The first kappa shape index (κ1) is 23.6. The minimum atomic E-state index is -0.863. The van der Waals surface area contributed by atoms with Crippen molar-refractivity contribution in [1.29, 1.82) is 0 Å². The molecule has 32 heavy (non-hydrogen) atoms. The van der Waals surface area contributed by atoms with Gasteiger partial charge >= 0.3 is 6.09 Å². The first-order valence-electron chi connectivity index (χ1n) is 10.9. The van der Waals surface area contributed by atoms with Crippen LogP contribution in [0.15, 0.2) is 54.6 Å². The zero-order chi connectivity index (χ0) is 23.3. The Balaban J connectivity index is 1.80. The monoisotopic (exact) mass is 440 g/mol. The van der Waals surface area contributed by atoms with E-state index in [1.54, 1.807) is 49.9 Å². The standard InChI is InChI=1S/C25H32N2O5/c1-25(2,3)32-24(31)26-20(15-18-9-11-19(28)12-10-18)23(30)27-14-13-22(29)21(27)16-17-7-5-4-6-8-17/h4-12,20-22,28-29H,13-16H2,1-3H3,(H,26,31)/t20-,21+,22+/m0/s1. The smallest absolute Gasteiger partial charge is 0.408 e. The van der Waals surface area contributed by atoms with E-state index in [-0.39, 0.29) is 24.1 Å². The summed E-state index contributed by atoms with van der Waals surface area (Å²) in [6.45, 7) is 5.70. The second kappa shape index (κ2) is 10.0. The van der Waals surface area contributed by atoms with Crippen LogP contribution in [0.3, 0.4) is 0 Å². The van der Waals surface area contributed by atoms with E-state index in [1.165, 1.54) is 0 Å². The van der Waals surface area contributed by atoms with Crippen molar-refractivity contribution in [3.8, 4) is 5.75 Å². The zero-order valence-corrected chi connectivity index (χ0v) is 18.8. The summed E-state index contributed by atoms with van der Waals surface area (Å²) < 4.78 is 5.37. The van der Waals surface area contributed by atoms with Crippen molar-refractivity contribution in [2.45, 2.75) is 63.8 Å². The summed E-state index contributed by atoms with van der Waals surface area (Å²) in [7, 11) is 0. The molecule has 2 aromatic rings. The van der Waals surface area contributed by atoms with Gasteiger partial charge in [0.2, 0.25) is 5.91 Å². The Morgan fingerprint density at radius 2 is 1.75 bits per heavy atom. The Kier molecular flexibility index (Phi) is 7.40. The molecule has 1 aliphatic heterocycles.